The Hall–Kier alpha value is -4.71. The van der Waals surface area contributed by atoms with Crippen molar-refractivity contribution >= 4 is 5.97 Å². The molecule has 4 aliphatic carbocycles. The van der Waals surface area contributed by atoms with Crippen LogP contribution in [-0.2, 0) is 56.9 Å². The van der Waals surface area contributed by atoms with Gasteiger partial charge in [-0.05, 0) is 124 Å². The summed E-state index contributed by atoms with van der Waals surface area (Å²) in [6, 6.07) is 16.8. The zero-order chi connectivity index (χ0) is 45.5. The Morgan fingerprint density at radius 1 is 0.565 bits per heavy atom. The zero-order valence-corrected chi connectivity index (χ0v) is 40.1. The lowest BCUT2D eigenvalue weighted by molar-refractivity contribution is -0.145. The molecule has 4 aromatic rings. The van der Waals surface area contributed by atoms with Crippen LogP contribution in [0.1, 0.15) is 177 Å². The third kappa shape index (κ3) is 9.04. The lowest BCUT2D eigenvalue weighted by atomic mass is 9.49. The first-order valence-electron chi connectivity index (χ1n) is 22.8. The molecule has 1 saturated carbocycles. The van der Waals surface area contributed by atoms with Crippen LogP contribution in [0.2, 0.25) is 0 Å². The van der Waals surface area contributed by atoms with Gasteiger partial charge < -0.3 is 24.8 Å². The number of phenolic OH excluding ortho intramolecular Hbond substituents is 3. The summed E-state index contributed by atoms with van der Waals surface area (Å²) in [7, 11) is 0. The van der Waals surface area contributed by atoms with Crippen LogP contribution in [-0.4, -0.2) is 34.5 Å². The maximum atomic E-state index is 13.6. The van der Waals surface area contributed by atoms with Gasteiger partial charge in [0, 0.05) is 25.7 Å². The van der Waals surface area contributed by atoms with Gasteiger partial charge in [0.15, 0.2) is 6.61 Å². The molecule has 4 aliphatic rings. The fraction of sp³-hybridized carbons (Fsp3) is 0.518. The molecule has 6 nitrogen and oxygen atoms in total. The van der Waals surface area contributed by atoms with Crippen LogP contribution in [0.25, 0.3) is 0 Å². The van der Waals surface area contributed by atoms with Gasteiger partial charge in [0.05, 0.1) is 0 Å². The van der Waals surface area contributed by atoms with Gasteiger partial charge in [0.1, 0.15) is 29.6 Å². The molecular weight excluding hydrogens is 769 g/mol. The van der Waals surface area contributed by atoms with E-state index in [1.165, 1.54) is 5.57 Å². The van der Waals surface area contributed by atoms with Crippen LogP contribution in [0.5, 0.6) is 23.0 Å². The van der Waals surface area contributed by atoms with Crippen molar-refractivity contribution in [3.63, 3.8) is 0 Å². The predicted octanol–water partition coefficient (Wildman–Crippen LogP) is 12.6. The van der Waals surface area contributed by atoms with Gasteiger partial charge in [-0.1, -0.05) is 152 Å². The second-order valence-corrected chi connectivity index (χ2v) is 23.5. The molecule has 0 heterocycles. The fourth-order valence-corrected chi connectivity index (χ4v) is 9.82. The van der Waals surface area contributed by atoms with Crippen LogP contribution >= 0.6 is 0 Å². The molecule has 0 spiro atoms. The molecule has 0 aliphatic heterocycles. The van der Waals surface area contributed by atoms with Gasteiger partial charge in [0.25, 0.3) is 0 Å². The molecule has 0 saturated heterocycles. The van der Waals surface area contributed by atoms with Crippen molar-refractivity contribution in [3.05, 3.63) is 127 Å². The molecule has 3 N–H and O–H groups in total. The highest BCUT2D eigenvalue weighted by Crippen LogP contribution is 2.59. The van der Waals surface area contributed by atoms with E-state index in [4.69, 9.17) is 9.47 Å². The van der Waals surface area contributed by atoms with Gasteiger partial charge in [-0.15, -0.1) is 0 Å². The molecule has 4 aromatic carbocycles. The summed E-state index contributed by atoms with van der Waals surface area (Å²) < 4.78 is 12.6. The summed E-state index contributed by atoms with van der Waals surface area (Å²) in [5.74, 6) is 1.80. The zero-order valence-electron chi connectivity index (χ0n) is 40.1. The summed E-state index contributed by atoms with van der Waals surface area (Å²) in [5, 5.41) is 36.8. The average Bonchev–Trinajstić information content (AvgIpc) is 3.15. The molecule has 6 heteroatoms. The molecule has 1 fully saturated rings. The van der Waals surface area contributed by atoms with Crippen LogP contribution in [0.15, 0.2) is 60.2 Å². The lowest BCUT2D eigenvalue weighted by Gasteiger charge is -2.56. The van der Waals surface area contributed by atoms with E-state index in [1.54, 1.807) is 0 Å². The summed E-state index contributed by atoms with van der Waals surface area (Å²) >= 11 is 0. The molecule has 0 unspecified atom stereocenters. The topological polar surface area (TPSA) is 96.2 Å². The summed E-state index contributed by atoms with van der Waals surface area (Å²) in [4.78, 5) is 13.6. The van der Waals surface area contributed by atoms with Crippen molar-refractivity contribution < 1.29 is 29.6 Å². The Kier molecular flexibility index (Phi) is 11.6. The third-order valence-corrected chi connectivity index (χ3v) is 14.4. The first kappa shape index (κ1) is 45.3. The first-order valence-corrected chi connectivity index (χ1v) is 22.8. The van der Waals surface area contributed by atoms with Crippen LogP contribution < -0.4 is 4.74 Å². The molecular formula is C56H72O6. The predicted molar refractivity (Wildman–Crippen MR) is 251 cm³/mol. The van der Waals surface area contributed by atoms with Crippen molar-refractivity contribution in [1.29, 1.82) is 0 Å². The number of benzene rings is 4. The van der Waals surface area contributed by atoms with Gasteiger partial charge in [-0.2, -0.15) is 0 Å². The largest absolute Gasteiger partial charge is 0.507 e. The van der Waals surface area contributed by atoms with E-state index >= 15 is 0 Å². The van der Waals surface area contributed by atoms with E-state index < -0.39 is 5.97 Å². The second kappa shape index (κ2) is 15.8. The van der Waals surface area contributed by atoms with Crippen molar-refractivity contribution in [2.75, 3.05) is 13.2 Å². The molecule has 62 heavy (non-hydrogen) atoms. The maximum absolute atomic E-state index is 13.6. The summed E-state index contributed by atoms with van der Waals surface area (Å²) in [5.41, 5.74) is 10.8. The molecule has 0 aromatic heterocycles. The van der Waals surface area contributed by atoms with E-state index in [0.717, 1.165) is 79.6 Å². The van der Waals surface area contributed by atoms with Crippen LogP contribution in [0.4, 0.5) is 0 Å². The third-order valence-electron chi connectivity index (χ3n) is 14.4. The number of hydrogen-bond acceptors (Lipinski definition) is 6. The van der Waals surface area contributed by atoms with Crippen LogP contribution in [0.3, 0.4) is 0 Å². The van der Waals surface area contributed by atoms with Gasteiger partial charge >= 0.3 is 5.97 Å². The highest BCUT2D eigenvalue weighted by atomic mass is 16.6. The van der Waals surface area contributed by atoms with Crippen molar-refractivity contribution in [3.8, 4) is 23.0 Å². The number of carbonyl (C=O) groups is 1. The Bertz CT molecular complexity index is 2320. The van der Waals surface area contributed by atoms with Gasteiger partial charge in [-0.25, -0.2) is 4.79 Å². The minimum absolute atomic E-state index is 0.178. The van der Waals surface area contributed by atoms with E-state index in [-0.39, 0.29) is 57.5 Å². The van der Waals surface area contributed by atoms with E-state index in [0.29, 0.717) is 43.3 Å². The summed E-state index contributed by atoms with van der Waals surface area (Å²) in [6.45, 7) is 30.7. The number of rotatable bonds is 5. The van der Waals surface area contributed by atoms with Gasteiger partial charge in [0.2, 0.25) is 0 Å². The van der Waals surface area contributed by atoms with E-state index in [1.807, 2.05) is 0 Å². The molecule has 2 atom stereocenters. The van der Waals surface area contributed by atoms with Crippen molar-refractivity contribution in [1.82, 2.24) is 0 Å². The molecule has 0 radical (unpaired) electrons. The monoisotopic (exact) mass is 841 g/mol. The van der Waals surface area contributed by atoms with Crippen molar-refractivity contribution in [2.45, 2.75) is 157 Å². The van der Waals surface area contributed by atoms with E-state index in [9.17, 15) is 20.1 Å². The Morgan fingerprint density at radius 3 is 1.19 bits per heavy atom. The Morgan fingerprint density at radius 2 is 0.887 bits per heavy atom. The van der Waals surface area contributed by atoms with Gasteiger partial charge in [-0.3, -0.25) is 0 Å². The molecule has 10 bridgehead atoms. The smallest absolute Gasteiger partial charge is 0.344 e. The fourth-order valence-electron chi connectivity index (χ4n) is 9.82. The number of hydrogen-bond donors (Lipinski definition) is 3. The molecule has 0 amide bonds. The highest BCUT2D eigenvalue weighted by Gasteiger charge is 2.51. The van der Waals surface area contributed by atoms with Crippen LogP contribution in [0, 0.1) is 17.3 Å². The number of esters is 1. The van der Waals surface area contributed by atoms with Crippen molar-refractivity contribution in [2.24, 2.45) is 17.3 Å². The number of aromatic hydroxyl groups is 3. The van der Waals surface area contributed by atoms with E-state index in [2.05, 4.69) is 152 Å². The number of allylic oxidation sites excluding steroid dienone is 1. The number of phenols is 3. The summed E-state index contributed by atoms with van der Waals surface area (Å²) in [6.07, 6.45) is 5.71. The number of carbonyl (C=O) groups excluding carboxylic acids is 1. The lowest BCUT2D eigenvalue weighted by Crippen LogP contribution is -2.48. The minimum Gasteiger partial charge on any atom is -0.507 e. The number of fused-ring (bicyclic) bond motifs is 9. The molecule has 332 valence electrons. The normalized spacial score (nSPS) is 18.7. The SMILES string of the molecule is CC(C)(C)c1cc2c(O)c(c1)Cc1cc(C(C)(C)C)cc(c1O)Cc1cc(C(C)(C)C)cc(c1OCC(=O)OCC1=CC[C@H]3C[C@@H]1C3(C)C)Cc1cc(C(C)(C)C)cc(c1O)C2. The highest BCUT2D eigenvalue weighted by molar-refractivity contribution is 5.72. The average molecular weight is 841 g/mol. The Balaban J connectivity index is 1.42. The maximum Gasteiger partial charge on any atom is 0.344 e. The first-order chi connectivity index (χ1) is 28.6. The Labute approximate surface area is 371 Å². The minimum atomic E-state index is -0.431. The second-order valence-electron chi connectivity index (χ2n) is 23.5. The molecule has 8 rings (SSSR count). The standard InChI is InChI=1S/C56H72O6/c1-52(2,3)42-21-33-17-35-23-43(53(4,5)6)25-37(49(35)59)19-39-27-45(55(10,11)12)28-40(51(39)62-31-47(57)61-30-32-15-16-41-29-46(32)56(41,13)14)20-38-26-44(54(7,8)9)24-36(50(38)60)18-34(22-42)48(33)58/h15,21-28,41,46,58-60H,16-20,29-31H2,1-14H3/t41-,46-/m0/s1. The number of ether oxygens (including phenoxy) is 2. The quantitative estimate of drug-likeness (QED) is 0.120.